The van der Waals surface area contributed by atoms with Crippen molar-refractivity contribution < 1.29 is 19.1 Å². The van der Waals surface area contributed by atoms with Crippen molar-refractivity contribution in [3.05, 3.63) is 106 Å². The molecule has 0 saturated carbocycles. The second-order valence-electron chi connectivity index (χ2n) is 10.6. The molecule has 0 N–H and O–H groups in total. The zero-order valence-electron chi connectivity index (χ0n) is 23.1. The van der Waals surface area contributed by atoms with Crippen LogP contribution in [0, 0.1) is 11.8 Å². The molecule has 4 nitrogen and oxygen atoms in total. The van der Waals surface area contributed by atoms with E-state index in [2.05, 4.69) is 27.7 Å². The van der Waals surface area contributed by atoms with Gasteiger partial charge < -0.3 is 9.47 Å². The van der Waals surface area contributed by atoms with Crippen LogP contribution in [0.2, 0.25) is 0 Å². The van der Waals surface area contributed by atoms with Crippen molar-refractivity contribution >= 4 is 22.3 Å². The maximum Gasteiger partial charge on any atom is 0.197 e. The highest BCUT2D eigenvalue weighted by Crippen LogP contribution is 2.38. The Balaban J connectivity index is 1.89. The van der Waals surface area contributed by atoms with E-state index in [0.717, 1.165) is 18.2 Å². The second-order valence-corrected chi connectivity index (χ2v) is 10.6. The summed E-state index contributed by atoms with van der Waals surface area (Å²) in [6.07, 6.45) is 1.88. The van der Waals surface area contributed by atoms with E-state index in [1.165, 1.54) is 11.1 Å². The van der Waals surface area contributed by atoms with Gasteiger partial charge in [0.15, 0.2) is 11.6 Å². The van der Waals surface area contributed by atoms with Crippen molar-refractivity contribution in [3.8, 4) is 11.5 Å². The Hall–Kier alpha value is -3.92. The predicted octanol–water partition coefficient (Wildman–Crippen LogP) is 7.72. The highest BCUT2D eigenvalue weighted by atomic mass is 16.5. The minimum atomic E-state index is -0.196. The first-order valence-electron chi connectivity index (χ1n) is 13.2. The number of methoxy groups -OCH3 is 2. The van der Waals surface area contributed by atoms with E-state index in [4.69, 9.17) is 9.47 Å². The van der Waals surface area contributed by atoms with E-state index in [-0.39, 0.29) is 11.6 Å². The third-order valence-electron chi connectivity index (χ3n) is 6.72. The topological polar surface area (TPSA) is 52.6 Å². The van der Waals surface area contributed by atoms with Gasteiger partial charge >= 0.3 is 0 Å². The summed E-state index contributed by atoms with van der Waals surface area (Å²) in [6.45, 7) is 8.68. The summed E-state index contributed by atoms with van der Waals surface area (Å²) in [5.74, 6) is 1.49. The Morgan fingerprint density at radius 2 is 0.947 bits per heavy atom. The number of benzene rings is 4. The number of ketones is 2. The molecule has 0 saturated heterocycles. The summed E-state index contributed by atoms with van der Waals surface area (Å²) in [5, 5.41) is 1.31. The molecule has 4 aromatic rings. The van der Waals surface area contributed by atoms with Crippen LogP contribution < -0.4 is 9.47 Å². The van der Waals surface area contributed by atoms with Gasteiger partial charge in [-0.05, 0) is 53.3 Å². The molecule has 196 valence electrons. The normalized spacial score (nSPS) is 11.3. The Kier molecular flexibility index (Phi) is 8.31. The molecule has 0 fully saturated rings. The number of carbonyl (C=O) groups is 2. The average molecular weight is 509 g/mol. The molecule has 4 rings (SSSR count). The molecule has 0 heterocycles. The molecule has 38 heavy (non-hydrogen) atoms. The summed E-state index contributed by atoms with van der Waals surface area (Å²) in [4.78, 5) is 28.0. The first kappa shape index (κ1) is 27.1. The molecular formula is C34H36O4. The van der Waals surface area contributed by atoms with E-state index in [1.807, 2.05) is 60.7 Å². The molecule has 4 aromatic carbocycles. The molecule has 0 spiro atoms. The lowest BCUT2D eigenvalue weighted by atomic mass is 9.88. The maximum absolute atomic E-state index is 14.0. The zero-order valence-corrected chi connectivity index (χ0v) is 23.1. The van der Waals surface area contributed by atoms with E-state index in [9.17, 15) is 9.59 Å². The van der Waals surface area contributed by atoms with E-state index in [1.54, 1.807) is 26.4 Å². The van der Waals surface area contributed by atoms with Crippen LogP contribution in [0.1, 0.15) is 70.7 Å². The van der Waals surface area contributed by atoms with Crippen molar-refractivity contribution in [1.82, 2.24) is 0 Å². The highest BCUT2D eigenvalue weighted by Gasteiger charge is 2.26. The molecule has 0 aliphatic carbocycles. The van der Waals surface area contributed by atoms with Crippen molar-refractivity contribution in [2.24, 2.45) is 11.8 Å². The lowest BCUT2D eigenvalue weighted by molar-refractivity contribution is 0.103. The largest absolute Gasteiger partial charge is 0.496 e. The standard InChI is InChI=1S/C34H36O4/c1-21(2)19-23-7-11-26(12-8-23)33(35)31-28(37-5)17-15-25-16-18-29(38-6)32(30(25)31)34(36)27-13-9-24(10-14-27)20-22(3)4/h7-18,21-22H,19-20H2,1-6H3. The van der Waals surface area contributed by atoms with Crippen molar-refractivity contribution in [3.63, 3.8) is 0 Å². The molecular weight excluding hydrogens is 472 g/mol. The lowest BCUT2D eigenvalue weighted by Crippen LogP contribution is -2.11. The molecule has 4 heteroatoms. The Morgan fingerprint density at radius 3 is 1.26 bits per heavy atom. The Morgan fingerprint density at radius 1 is 0.579 bits per heavy atom. The van der Waals surface area contributed by atoms with Gasteiger partial charge in [-0.25, -0.2) is 0 Å². The Bertz CT molecular complexity index is 1340. The van der Waals surface area contributed by atoms with Crippen LogP contribution in [0.4, 0.5) is 0 Å². The van der Waals surface area contributed by atoms with Gasteiger partial charge in [0.25, 0.3) is 0 Å². The van der Waals surface area contributed by atoms with Crippen LogP contribution in [-0.2, 0) is 12.8 Å². The second kappa shape index (κ2) is 11.6. The fourth-order valence-electron chi connectivity index (χ4n) is 4.99. The first-order chi connectivity index (χ1) is 18.2. The summed E-state index contributed by atoms with van der Waals surface area (Å²) in [7, 11) is 3.08. The number of ether oxygens (including phenoxy) is 2. The predicted molar refractivity (Wildman–Crippen MR) is 154 cm³/mol. The van der Waals surface area contributed by atoms with E-state index in [0.29, 0.717) is 51.0 Å². The molecule has 0 radical (unpaired) electrons. The minimum Gasteiger partial charge on any atom is -0.496 e. The van der Waals surface area contributed by atoms with E-state index < -0.39 is 0 Å². The van der Waals surface area contributed by atoms with E-state index >= 15 is 0 Å². The number of carbonyl (C=O) groups excluding carboxylic acids is 2. The van der Waals surface area contributed by atoms with Gasteiger partial charge in [-0.1, -0.05) is 88.4 Å². The molecule has 0 aromatic heterocycles. The lowest BCUT2D eigenvalue weighted by Gasteiger charge is -2.17. The van der Waals surface area contributed by atoms with Crippen LogP contribution in [-0.4, -0.2) is 25.8 Å². The molecule has 0 bridgehead atoms. The highest BCUT2D eigenvalue weighted by molar-refractivity contribution is 6.26. The van der Waals surface area contributed by atoms with Crippen LogP contribution >= 0.6 is 0 Å². The van der Waals surface area contributed by atoms with Gasteiger partial charge in [-0.15, -0.1) is 0 Å². The summed E-state index contributed by atoms with van der Waals surface area (Å²) < 4.78 is 11.3. The maximum atomic E-state index is 14.0. The third-order valence-corrected chi connectivity index (χ3v) is 6.72. The van der Waals surface area contributed by atoms with Gasteiger partial charge in [0.05, 0.1) is 25.3 Å². The fraction of sp³-hybridized carbons (Fsp3) is 0.294. The summed E-state index contributed by atoms with van der Waals surface area (Å²) in [5.41, 5.74) is 4.17. The fourth-order valence-corrected chi connectivity index (χ4v) is 4.99. The molecule has 0 unspecified atom stereocenters. The van der Waals surface area contributed by atoms with Gasteiger partial charge in [0.1, 0.15) is 11.5 Å². The number of hydrogen-bond acceptors (Lipinski definition) is 4. The number of fused-ring (bicyclic) bond motifs is 1. The molecule has 0 amide bonds. The SMILES string of the molecule is COc1ccc2ccc(OC)c(C(=O)c3ccc(CC(C)C)cc3)c2c1C(=O)c1ccc(CC(C)C)cc1. The first-order valence-corrected chi connectivity index (χ1v) is 13.2. The summed E-state index contributed by atoms with van der Waals surface area (Å²) in [6, 6.07) is 22.7. The zero-order chi connectivity index (χ0) is 27.4. The monoisotopic (exact) mass is 508 g/mol. The number of hydrogen-bond donors (Lipinski definition) is 0. The van der Waals surface area contributed by atoms with Crippen molar-refractivity contribution in [1.29, 1.82) is 0 Å². The van der Waals surface area contributed by atoms with Crippen LogP contribution in [0.5, 0.6) is 11.5 Å². The van der Waals surface area contributed by atoms with Gasteiger partial charge in [-0.2, -0.15) is 0 Å². The van der Waals surface area contributed by atoms with Gasteiger partial charge in [-0.3, -0.25) is 9.59 Å². The average Bonchev–Trinajstić information content (AvgIpc) is 2.91. The summed E-state index contributed by atoms with van der Waals surface area (Å²) >= 11 is 0. The third kappa shape index (κ3) is 5.65. The van der Waals surface area contributed by atoms with Crippen LogP contribution in [0.25, 0.3) is 10.8 Å². The minimum absolute atomic E-state index is 0.196. The molecule has 0 aliphatic rings. The van der Waals surface area contributed by atoms with Gasteiger partial charge in [0, 0.05) is 16.5 Å². The number of rotatable bonds is 10. The van der Waals surface area contributed by atoms with Crippen LogP contribution in [0.3, 0.4) is 0 Å². The smallest absolute Gasteiger partial charge is 0.197 e. The molecule has 0 aliphatic heterocycles. The van der Waals surface area contributed by atoms with Crippen molar-refractivity contribution in [2.45, 2.75) is 40.5 Å². The van der Waals surface area contributed by atoms with Crippen molar-refractivity contribution in [2.75, 3.05) is 14.2 Å². The Labute approximate surface area is 225 Å². The molecule has 0 atom stereocenters. The quantitative estimate of drug-likeness (QED) is 0.206. The van der Waals surface area contributed by atoms with Crippen LogP contribution in [0.15, 0.2) is 72.8 Å². The van der Waals surface area contributed by atoms with Gasteiger partial charge in [0.2, 0.25) is 0 Å².